The molecular formula is C22H29F2N5O5S2. The average Bonchev–Trinajstić information content (AvgIpc) is 3.54. The smallest absolute Gasteiger partial charge is 0.286 e. The number of alkyl halides is 2. The number of halogens is 2. The Kier molecular flexibility index (Phi) is 7.51. The predicted octanol–water partition coefficient (Wildman–Crippen LogP) is 1.51. The fraction of sp³-hybridized carbons (Fsp3) is 0.591. The molecule has 4 heterocycles. The molecule has 0 radical (unpaired) electrons. The van der Waals surface area contributed by atoms with Crippen molar-refractivity contribution in [3.05, 3.63) is 23.9 Å². The highest BCUT2D eigenvalue weighted by molar-refractivity contribution is 7.91. The summed E-state index contributed by atoms with van der Waals surface area (Å²) in [5, 5.41) is 13.5. The van der Waals surface area contributed by atoms with Gasteiger partial charge in [-0.2, -0.15) is 18.6 Å². The third kappa shape index (κ3) is 5.45. The van der Waals surface area contributed by atoms with Crippen LogP contribution in [0.25, 0.3) is 10.6 Å². The minimum atomic E-state index is -4.08. The number of sulfonamides is 1. The highest BCUT2D eigenvalue weighted by Gasteiger charge is 2.36. The molecule has 0 aromatic carbocycles. The average molecular weight is 546 g/mol. The number of hydrogen-bond acceptors (Lipinski definition) is 7. The van der Waals surface area contributed by atoms with E-state index in [9.17, 15) is 31.9 Å². The molecule has 2 saturated heterocycles. The van der Waals surface area contributed by atoms with Crippen LogP contribution in [0.3, 0.4) is 0 Å². The quantitative estimate of drug-likeness (QED) is 0.518. The number of carbonyl (C=O) groups excluding carboxylic acids is 2. The number of amides is 2. The molecule has 4 rings (SSSR count). The number of rotatable bonds is 8. The molecule has 36 heavy (non-hydrogen) atoms. The Bertz CT molecular complexity index is 1240. The Morgan fingerprint density at radius 1 is 1.28 bits per heavy atom. The van der Waals surface area contributed by atoms with Crippen LogP contribution in [0.5, 0.6) is 0 Å². The van der Waals surface area contributed by atoms with Crippen molar-refractivity contribution in [3.63, 3.8) is 0 Å². The zero-order chi connectivity index (χ0) is 26.3. The van der Waals surface area contributed by atoms with Gasteiger partial charge < -0.3 is 14.9 Å². The Balaban J connectivity index is 1.44. The molecule has 2 aromatic rings. The van der Waals surface area contributed by atoms with Crippen LogP contribution in [0, 0.1) is 0 Å². The summed E-state index contributed by atoms with van der Waals surface area (Å²) in [4.78, 5) is 29.0. The largest absolute Gasteiger partial charge is 0.394 e. The SMILES string of the molecule is Cn1nc(-c2ccc(S(=O)(=O)N[C@H]3CCCN(CC(=O)N4CCC[C@H]4CO)C3=O)s2)cc1C(C)(F)F. The van der Waals surface area contributed by atoms with E-state index in [1.165, 1.54) is 30.1 Å². The fourth-order valence-corrected chi connectivity index (χ4v) is 7.16. The number of aromatic nitrogens is 2. The molecule has 198 valence electrons. The topological polar surface area (TPSA) is 125 Å². The van der Waals surface area contributed by atoms with Crippen molar-refractivity contribution >= 4 is 33.2 Å². The lowest BCUT2D eigenvalue weighted by Gasteiger charge is -2.33. The monoisotopic (exact) mass is 545 g/mol. The molecule has 14 heteroatoms. The second-order valence-electron chi connectivity index (χ2n) is 9.19. The molecule has 2 aliphatic heterocycles. The van der Waals surface area contributed by atoms with E-state index in [4.69, 9.17) is 0 Å². The number of likely N-dealkylation sites (tertiary alicyclic amines) is 2. The molecule has 0 unspecified atom stereocenters. The Morgan fingerprint density at radius 3 is 2.67 bits per heavy atom. The summed E-state index contributed by atoms with van der Waals surface area (Å²) in [5.41, 5.74) is -0.0721. The number of nitrogens with one attached hydrogen (secondary N) is 1. The normalized spacial score (nSPS) is 21.4. The van der Waals surface area contributed by atoms with E-state index in [0.29, 0.717) is 37.2 Å². The zero-order valence-corrected chi connectivity index (χ0v) is 21.6. The summed E-state index contributed by atoms with van der Waals surface area (Å²) in [7, 11) is -2.69. The zero-order valence-electron chi connectivity index (χ0n) is 20.0. The standard InChI is InChI=1S/C22H29F2N5O5S2/c1-22(23,24)18-11-16(25-27(18)2)17-7-8-20(35-17)36(33,34)26-15-6-4-9-28(21(15)32)12-19(31)29-10-3-5-14(29)13-30/h7-8,11,14-15,26,30H,3-6,9-10,12-13H2,1-2H3/t14-,15-/m0/s1. The van der Waals surface area contributed by atoms with Gasteiger partial charge in [-0.25, -0.2) is 8.42 Å². The first-order chi connectivity index (χ1) is 16.9. The van der Waals surface area contributed by atoms with Crippen LogP contribution in [-0.2, 0) is 32.6 Å². The van der Waals surface area contributed by atoms with Gasteiger partial charge in [-0.15, -0.1) is 11.3 Å². The van der Waals surface area contributed by atoms with Crippen LogP contribution in [0.15, 0.2) is 22.4 Å². The first-order valence-corrected chi connectivity index (χ1v) is 13.9. The van der Waals surface area contributed by atoms with Gasteiger partial charge in [0, 0.05) is 27.1 Å². The van der Waals surface area contributed by atoms with E-state index in [0.717, 1.165) is 29.4 Å². The Morgan fingerprint density at radius 2 is 2.00 bits per heavy atom. The lowest BCUT2D eigenvalue weighted by molar-refractivity contribution is -0.143. The van der Waals surface area contributed by atoms with Gasteiger partial charge in [-0.3, -0.25) is 14.3 Å². The minimum absolute atomic E-state index is 0.0724. The van der Waals surface area contributed by atoms with Gasteiger partial charge in [0.25, 0.3) is 15.9 Å². The third-order valence-electron chi connectivity index (χ3n) is 6.49. The van der Waals surface area contributed by atoms with Crippen molar-refractivity contribution in [2.24, 2.45) is 7.05 Å². The molecule has 0 spiro atoms. The molecular weight excluding hydrogens is 516 g/mol. The van der Waals surface area contributed by atoms with Crippen molar-refractivity contribution in [1.82, 2.24) is 24.3 Å². The van der Waals surface area contributed by atoms with Crippen LogP contribution in [0.2, 0.25) is 0 Å². The highest BCUT2D eigenvalue weighted by Crippen LogP contribution is 2.34. The van der Waals surface area contributed by atoms with Crippen LogP contribution in [0.1, 0.15) is 38.3 Å². The first-order valence-electron chi connectivity index (χ1n) is 11.6. The van der Waals surface area contributed by atoms with E-state index in [1.54, 1.807) is 4.90 Å². The molecule has 2 aromatic heterocycles. The maximum atomic E-state index is 13.7. The second kappa shape index (κ2) is 10.1. The van der Waals surface area contributed by atoms with Gasteiger partial charge in [-0.1, -0.05) is 0 Å². The number of aliphatic hydroxyl groups is 1. The first kappa shape index (κ1) is 26.6. The molecule has 0 saturated carbocycles. The van der Waals surface area contributed by atoms with E-state index < -0.39 is 27.9 Å². The van der Waals surface area contributed by atoms with Crippen LogP contribution in [-0.4, -0.2) is 83.2 Å². The molecule has 2 atom stereocenters. The number of aryl methyl sites for hydroxylation is 1. The molecule has 2 fully saturated rings. The summed E-state index contributed by atoms with van der Waals surface area (Å²) in [5.74, 6) is -3.84. The maximum Gasteiger partial charge on any atom is 0.286 e. The number of hydrogen-bond donors (Lipinski definition) is 2. The summed E-state index contributed by atoms with van der Waals surface area (Å²) in [6, 6.07) is 2.78. The maximum absolute atomic E-state index is 13.7. The van der Waals surface area contributed by atoms with Gasteiger partial charge in [-0.05, 0) is 43.9 Å². The van der Waals surface area contributed by atoms with Crippen molar-refractivity contribution in [3.8, 4) is 10.6 Å². The molecule has 2 N–H and O–H groups in total. The van der Waals surface area contributed by atoms with Crippen molar-refractivity contribution in [1.29, 1.82) is 0 Å². The summed E-state index contributed by atoms with van der Waals surface area (Å²) >= 11 is 0.866. The van der Waals surface area contributed by atoms with Crippen LogP contribution >= 0.6 is 11.3 Å². The summed E-state index contributed by atoms with van der Waals surface area (Å²) < 4.78 is 56.9. The second-order valence-corrected chi connectivity index (χ2v) is 12.2. The fourth-order valence-electron chi connectivity index (χ4n) is 4.66. The lowest BCUT2D eigenvalue weighted by Crippen LogP contribution is -2.55. The molecule has 2 amide bonds. The molecule has 10 nitrogen and oxygen atoms in total. The number of carbonyl (C=O) groups is 2. The van der Waals surface area contributed by atoms with E-state index in [1.807, 2.05) is 0 Å². The van der Waals surface area contributed by atoms with E-state index in [-0.39, 0.29) is 40.7 Å². The Hall–Kier alpha value is -2.42. The van der Waals surface area contributed by atoms with Gasteiger partial charge in [0.2, 0.25) is 11.8 Å². The van der Waals surface area contributed by atoms with Gasteiger partial charge >= 0.3 is 0 Å². The molecule has 0 aliphatic carbocycles. The van der Waals surface area contributed by atoms with Gasteiger partial charge in [0.05, 0.1) is 24.1 Å². The summed E-state index contributed by atoms with van der Waals surface area (Å²) in [6.45, 7) is 1.33. The van der Waals surface area contributed by atoms with Gasteiger partial charge in [0.15, 0.2) is 0 Å². The number of aliphatic hydroxyl groups excluding tert-OH is 1. The lowest BCUT2D eigenvalue weighted by atomic mass is 10.1. The van der Waals surface area contributed by atoms with Crippen molar-refractivity contribution in [2.45, 2.75) is 54.8 Å². The third-order valence-corrected chi connectivity index (χ3v) is 9.56. The van der Waals surface area contributed by atoms with E-state index >= 15 is 0 Å². The molecule has 2 aliphatic rings. The van der Waals surface area contributed by atoms with E-state index in [2.05, 4.69) is 9.82 Å². The predicted molar refractivity (Wildman–Crippen MR) is 128 cm³/mol. The highest BCUT2D eigenvalue weighted by atomic mass is 32.2. The Labute approximate surface area is 211 Å². The van der Waals surface area contributed by atoms with Crippen molar-refractivity contribution in [2.75, 3.05) is 26.2 Å². The van der Waals surface area contributed by atoms with Crippen LogP contribution < -0.4 is 4.72 Å². The summed E-state index contributed by atoms with van der Waals surface area (Å²) in [6.07, 6.45) is 2.31. The number of nitrogens with zero attached hydrogens (tertiary/aromatic N) is 4. The minimum Gasteiger partial charge on any atom is -0.394 e. The number of piperidine rings is 1. The van der Waals surface area contributed by atoms with Crippen LogP contribution in [0.4, 0.5) is 8.78 Å². The van der Waals surface area contributed by atoms with Crippen molar-refractivity contribution < 1.29 is 31.9 Å². The van der Waals surface area contributed by atoms with Gasteiger partial charge in [0.1, 0.15) is 21.6 Å². The number of thiophene rings is 1. The molecule has 0 bridgehead atoms.